The number of ether oxygens (including phenoxy) is 1. The van der Waals surface area contributed by atoms with Gasteiger partial charge in [0.1, 0.15) is 5.58 Å². The van der Waals surface area contributed by atoms with Gasteiger partial charge in [-0.25, -0.2) is 9.59 Å². The summed E-state index contributed by atoms with van der Waals surface area (Å²) in [6.45, 7) is 9.57. The monoisotopic (exact) mass is 420 g/mol. The highest BCUT2D eigenvalue weighted by molar-refractivity contribution is 5.89. The summed E-state index contributed by atoms with van der Waals surface area (Å²) in [6.07, 6.45) is 0. The lowest BCUT2D eigenvalue weighted by Crippen LogP contribution is -2.51. The Bertz CT molecular complexity index is 1170. The van der Waals surface area contributed by atoms with E-state index in [1.807, 2.05) is 26.0 Å². The van der Waals surface area contributed by atoms with E-state index in [1.54, 1.807) is 18.2 Å². The molecule has 1 saturated heterocycles. The van der Waals surface area contributed by atoms with E-state index in [0.29, 0.717) is 23.7 Å². The van der Waals surface area contributed by atoms with Gasteiger partial charge in [0.05, 0.1) is 12.7 Å². The summed E-state index contributed by atoms with van der Waals surface area (Å²) in [4.78, 5) is 28.6. The average Bonchev–Trinajstić information content (AvgIpc) is 2.77. The van der Waals surface area contributed by atoms with Gasteiger partial charge >= 0.3 is 11.6 Å². The smallest absolute Gasteiger partial charge is 0.337 e. The summed E-state index contributed by atoms with van der Waals surface area (Å²) < 4.78 is 10.3. The molecule has 1 atom stereocenters. The molecule has 162 valence electrons. The molecule has 0 aliphatic carbocycles. The lowest BCUT2D eigenvalue weighted by Gasteiger charge is -2.41. The maximum Gasteiger partial charge on any atom is 0.337 e. The molecule has 1 fully saturated rings. The van der Waals surface area contributed by atoms with E-state index >= 15 is 0 Å². The highest BCUT2D eigenvalue weighted by Crippen LogP contribution is 2.26. The van der Waals surface area contributed by atoms with E-state index in [4.69, 9.17) is 9.15 Å². The van der Waals surface area contributed by atoms with Gasteiger partial charge in [-0.1, -0.05) is 12.1 Å². The summed E-state index contributed by atoms with van der Waals surface area (Å²) in [7, 11) is 1.39. The molecule has 2 heterocycles. The molecule has 1 aliphatic rings. The Balaban J connectivity index is 1.51. The third-order valence-electron chi connectivity index (χ3n) is 6.31. The summed E-state index contributed by atoms with van der Waals surface area (Å²) >= 11 is 0. The zero-order valence-corrected chi connectivity index (χ0v) is 18.5. The van der Waals surface area contributed by atoms with Crippen LogP contribution in [-0.4, -0.2) is 43.7 Å². The summed E-state index contributed by atoms with van der Waals surface area (Å²) in [6, 6.07) is 13.6. The molecule has 4 rings (SSSR count). The van der Waals surface area contributed by atoms with Crippen LogP contribution in [0.2, 0.25) is 0 Å². The number of esters is 1. The molecule has 31 heavy (non-hydrogen) atoms. The molecule has 0 amide bonds. The molecule has 2 aromatic carbocycles. The first kappa shape index (κ1) is 21.1. The van der Waals surface area contributed by atoms with Gasteiger partial charge in [0.15, 0.2) is 0 Å². The van der Waals surface area contributed by atoms with Crippen LogP contribution in [0.3, 0.4) is 0 Å². The van der Waals surface area contributed by atoms with Crippen molar-refractivity contribution in [3.63, 3.8) is 0 Å². The third-order valence-corrected chi connectivity index (χ3v) is 6.31. The van der Waals surface area contributed by atoms with Crippen molar-refractivity contribution in [3.8, 4) is 0 Å². The topological polar surface area (TPSA) is 63.0 Å². The zero-order chi connectivity index (χ0) is 22.1. The molecule has 0 saturated carbocycles. The highest BCUT2D eigenvalue weighted by Gasteiger charge is 2.25. The van der Waals surface area contributed by atoms with Crippen LogP contribution in [0.25, 0.3) is 11.0 Å². The van der Waals surface area contributed by atoms with Crippen molar-refractivity contribution in [2.24, 2.45) is 0 Å². The van der Waals surface area contributed by atoms with Crippen LogP contribution >= 0.6 is 0 Å². The molecule has 1 unspecified atom stereocenters. The van der Waals surface area contributed by atoms with Crippen molar-refractivity contribution in [1.29, 1.82) is 0 Å². The normalized spacial score (nSPS) is 17.2. The van der Waals surface area contributed by atoms with Crippen molar-refractivity contribution in [1.82, 2.24) is 4.90 Å². The Morgan fingerprint density at radius 2 is 1.87 bits per heavy atom. The van der Waals surface area contributed by atoms with Crippen LogP contribution in [0, 0.1) is 13.8 Å². The van der Waals surface area contributed by atoms with Crippen LogP contribution < -0.4 is 10.5 Å². The van der Waals surface area contributed by atoms with Crippen LogP contribution in [0.4, 0.5) is 5.69 Å². The molecule has 0 spiro atoms. The zero-order valence-electron chi connectivity index (χ0n) is 18.5. The van der Waals surface area contributed by atoms with Gasteiger partial charge in [0.25, 0.3) is 0 Å². The Morgan fingerprint density at radius 3 is 2.55 bits per heavy atom. The first-order valence-corrected chi connectivity index (χ1v) is 10.6. The Morgan fingerprint density at radius 1 is 1.13 bits per heavy atom. The number of rotatable bonds is 4. The number of methoxy groups -OCH3 is 1. The molecule has 0 radical (unpaired) electrons. The lowest BCUT2D eigenvalue weighted by molar-refractivity contribution is 0.0600. The van der Waals surface area contributed by atoms with Gasteiger partial charge < -0.3 is 14.1 Å². The van der Waals surface area contributed by atoms with Crippen molar-refractivity contribution in [2.75, 3.05) is 31.6 Å². The number of benzene rings is 2. The molecular formula is C25H28N2O4. The minimum Gasteiger partial charge on any atom is -0.465 e. The number of nitrogens with zero attached hydrogens (tertiary/aromatic N) is 2. The van der Waals surface area contributed by atoms with Gasteiger partial charge in [-0.05, 0) is 61.7 Å². The van der Waals surface area contributed by atoms with E-state index in [2.05, 4.69) is 28.9 Å². The van der Waals surface area contributed by atoms with Crippen LogP contribution in [-0.2, 0) is 11.3 Å². The molecule has 1 aromatic heterocycles. The summed E-state index contributed by atoms with van der Waals surface area (Å²) in [5, 5.41) is 1.01. The van der Waals surface area contributed by atoms with Gasteiger partial charge in [-0.2, -0.15) is 0 Å². The van der Waals surface area contributed by atoms with Gasteiger partial charge in [0, 0.05) is 49.4 Å². The number of aryl methyl sites for hydroxylation is 2. The maximum atomic E-state index is 12.2. The number of hydrogen-bond donors (Lipinski definition) is 0. The van der Waals surface area contributed by atoms with E-state index in [1.165, 1.54) is 7.11 Å². The fourth-order valence-electron chi connectivity index (χ4n) is 4.27. The lowest BCUT2D eigenvalue weighted by atomic mass is 10.0. The van der Waals surface area contributed by atoms with Crippen LogP contribution in [0.15, 0.2) is 51.7 Å². The molecule has 0 bridgehead atoms. The number of fused-ring (bicyclic) bond motifs is 1. The van der Waals surface area contributed by atoms with Crippen molar-refractivity contribution < 1.29 is 13.9 Å². The predicted octanol–water partition coefficient (Wildman–Crippen LogP) is 3.91. The number of carbonyl (C=O) groups is 1. The molecule has 1 aliphatic heterocycles. The minimum atomic E-state index is -0.324. The molecule has 0 N–H and O–H groups in total. The van der Waals surface area contributed by atoms with Crippen molar-refractivity contribution in [2.45, 2.75) is 33.4 Å². The second kappa shape index (κ2) is 8.55. The largest absolute Gasteiger partial charge is 0.465 e. The fraction of sp³-hybridized carbons (Fsp3) is 0.360. The van der Waals surface area contributed by atoms with E-state index < -0.39 is 0 Å². The van der Waals surface area contributed by atoms with Crippen molar-refractivity contribution in [3.05, 3.63) is 75.1 Å². The first-order chi connectivity index (χ1) is 14.9. The van der Waals surface area contributed by atoms with E-state index in [9.17, 15) is 9.59 Å². The van der Waals surface area contributed by atoms with Crippen LogP contribution in [0.5, 0.6) is 0 Å². The average molecular weight is 421 g/mol. The number of carbonyl (C=O) groups excluding carboxylic acids is 1. The number of anilines is 1. The second-order valence-corrected chi connectivity index (χ2v) is 8.28. The second-order valence-electron chi connectivity index (χ2n) is 8.28. The van der Waals surface area contributed by atoms with Crippen molar-refractivity contribution >= 4 is 22.6 Å². The molecule has 6 heteroatoms. The SMILES string of the molecule is COC(=O)c1ccc(N2CCN(Cc3cc(=O)oc4c(C)c(C)ccc34)C(C)C2)cc1. The van der Waals surface area contributed by atoms with E-state index in [-0.39, 0.29) is 11.6 Å². The molecule has 3 aromatic rings. The highest BCUT2D eigenvalue weighted by atomic mass is 16.5. The maximum absolute atomic E-state index is 12.2. The Kier molecular flexibility index (Phi) is 5.83. The predicted molar refractivity (Wildman–Crippen MR) is 122 cm³/mol. The summed E-state index contributed by atoms with van der Waals surface area (Å²) in [5.41, 5.74) is 5.19. The van der Waals surface area contributed by atoms with Gasteiger partial charge in [-0.3, -0.25) is 4.90 Å². The van der Waals surface area contributed by atoms with Crippen LogP contribution in [0.1, 0.15) is 34.0 Å². The summed E-state index contributed by atoms with van der Waals surface area (Å²) in [5.74, 6) is -0.324. The molecule has 6 nitrogen and oxygen atoms in total. The first-order valence-electron chi connectivity index (χ1n) is 10.6. The Labute approximate surface area is 182 Å². The number of piperazine rings is 1. The minimum absolute atomic E-state index is 0.298. The fourth-order valence-corrected chi connectivity index (χ4v) is 4.27. The Hall–Kier alpha value is -3.12. The van der Waals surface area contributed by atoms with Gasteiger partial charge in [-0.15, -0.1) is 0 Å². The quantitative estimate of drug-likeness (QED) is 0.471. The molecular weight excluding hydrogens is 392 g/mol. The van der Waals surface area contributed by atoms with Gasteiger partial charge in [0.2, 0.25) is 0 Å². The van der Waals surface area contributed by atoms with E-state index in [0.717, 1.165) is 47.4 Å². The number of hydrogen-bond acceptors (Lipinski definition) is 6. The third kappa shape index (κ3) is 4.21. The standard InChI is InChI=1S/C25H28N2O4/c1-16-5-10-22-20(13-23(28)31-24(22)18(16)3)15-26-11-12-27(14-17(26)2)21-8-6-19(7-9-21)25(29)30-4/h5-10,13,17H,11-12,14-15H2,1-4H3.